The number of rotatable bonds is 3. The van der Waals surface area contributed by atoms with E-state index in [-0.39, 0.29) is 24.1 Å². The molecule has 1 saturated heterocycles. The summed E-state index contributed by atoms with van der Waals surface area (Å²) in [7, 11) is 1.70. The molecule has 21 heavy (non-hydrogen) atoms. The minimum absolute atomic E-state index is 0.103. The molecular formula is C15H24N2O4. The molecule has 2 saturated carbocycles. The van der Waals surface area contributed by atoms with Crippen LogP contribution < -0.4 is 5.32 Å². The van der Waals surface area contributed by atoms with E-state index < -0.39 is 11.9 Å². The van der Waals surface area contributed by atoms with Crippen LogP contribution in [0.25, 0.3) is 0 Å². The van der Waals surface area contributed by atoms with Crippen molar-refractivity contribution in [1.82, 2.24) is 10.2 Å². The number of aliphatic carboxylic acids is 1. The van der Waals surface area contributed by atoms with Gasteiger partial charge in [-0.3, -0.25) is 4.79 Å². The molecule has 2 aliphatic carbocycles. The Balaban J connectivity index is 1.58. The second kappa shape index (κ2) is 5.83. The van der Waals surface area contributed by atoms with Crippen LogP contribution >= 0.6 is 0 Å². The summed E-state index contributed by atoms with van der Waals surface area (Å²) in [5.74, 6) is -0.566. The maximum atomic E-state index is 12.4. The van der Waals surface area contributed by atoms with Crippen LogP contribution in [0, 0.1) is 17.8 Å². The van der Waals surface area contributed by atoms with Gasteiger partial charge in [-0.05, 0) is 43.9 Å². The Morgan fingerprint density at radius 3 is 2.43 bits per heavy atom. The number of nitrogens with one attached hydrogen (secondary N) is 1. The Labute approximate surface area is 124 Å². The third kappa shape index (κ3) is 2.73. The highest BCUT2D eigenvalue weighted by atomic mass is 16.5. The van der Waals surface area contributed by atoms with Gasteiger partial charge in [0.25, 0.3) is 0 Å². The van der Waals surface area contributed by atoms with Crippen molar-refractivity contribution in [3.8, 4) is 0 Å². The number of amides is 2. The molecule has 1 aliphatic heterocycles. The van der Waals surface area contributed by atoms with Crippen LogP contribution in [-0.2, 0) is 9.53 Å². The van der Waals surface area contributed by atoms with Gasteiger partial charge in [-0.1, -0.05) is 0 Å². The van der Waals surface area contributed by atoms with Crippen LogP contribution in [0.2, 0.25) is 0 Å². The van der Waals surface area contributed by atoms with E-state index >= 15 is 0 Å². The van der Waals surface area contributed by atoms with Gasteiger partial charge in [0.05, 0.1) is 12.0 Å². The highest BCUT2D eigenvalue weighted by Gasteiger charge is 2.51. The van der Waals surface area contributed by atoms with Crippen molar-refractivity contribution in [2.45, 2.75) is 44.2 Å². The van der Waals surface area contributed by atoms with Crippen molar-refractivity contribution in [3.05, 3.63) is 0 Å². The number of carboxylic acid groups (broad SMARTS) is 1. The molecule has 4 unspecified atom stereocenters. The highest BCUT2D eigenvalue weighted by molar-refractivity contribution is 5.77. The number of likely N-dealkylation sites (tertiary alicyclic amines) is 1. The average Bonchev–Trinajstić information content (AvgIpc) is 3.08. The maximum Gasteiger partial charge on any atom is 0.317 e. The minimum Gasteiger partial charge on any atom is -0.481 e. The average molecular weight is 296 g/mol. The van der Waals surface area contributed by atoms with Crippen LogP contribution in [0.1, 0.15) is 32.1 Å². The first-order valence-electron chi connectivity index (χ1n) is 7.91. The number of ether oxygens (including phenoxy) is 1. The first kappa shape index (κ1) is 14.6. The number of nitrogens with zero attached hydrogens (tertiary/aromatic N) is 1. The zero-order valence-corrected chi connectivity index (χ0v) is 12.5. The zero-order valence-electron chi connectivity index (χ0n) is 12.5. The van der Waals surface area contributed by atoms with E-state index in [0.29, 0.717) is 19.0 Å². The lowest BCUT2D eigenvalue weighted by Crippen LogP contribution is -2.53. The number of fused-ring (bicyclic) bond motifs is 2. The van der Waals surface area contributed by atoms with Gasteiger partial charge in [0, 0.05) is 26.2 Å². The number of carbonyl (C=O) groups is 2. The monoisotopic (exact) mass is 296 g/mol. The minimum atomic E-state index is -0.759. The SMILES string of the molecule is COC1CCN(C(=O)NC2C3CCC(C3)C2C(=O)O)CC1. The Bertz CT molecular complexity index is 420. The van der Waals surface area contributed by atoms with Gasteiger partial charge in [-0.2, -0.15) is 0 Å². The summed E-state index contributed by atoms with van der Waals surface area (Å²) in [5.41, 5.74) is 0. The topological polar surface area (TPSA) is 78.9 Å². The van der Waals surface area contributed by atoms with Gasteiger partial charge in [-0.25, -0.2) is 4.79 Å². The summed E-state index contributed by atoms with van der Waals surface area (Å²) in [6.07, 6.45) is 4.93. The van der Waals surface area contributed by atoms with E-state index in [9.17, 15) is 14.7 Å². The third-order valence-electron chi connectivity index (χ3n) is 5.55. The van der Waals surface area contributed by atoms with E-state index in [2.05, 4.69) is 5.32 Å². The fourth-order valence-electron chi connectivity index (χ4n) is 4.38. The fraction of sp³-hybridized carbons (Fsp3) is 0.867. The maximum absolute atomic E-state index is 12.4. The number of carboxylic acids is 1. The van der Waals surface area contributed by atoms with Gasteiger partial charge in [0.15, 0.2) is 0 Å². The summed E-state index contributed by atoms with van der Waals surface area (Å²) in [4.78, 5) is 25.6. The molecule has 0 aromatic carbocycles. The molecule has 1 heterocycles. The van der Waals surface area contributed by atoms with E-state index in [1.165, 1.54) is 0 Å². The summed E-state index contributed by atoms with van der Waals surface area (Å²) in [6.45, 7) is 1.37. The van der Waals surface area contributed by atoms with Crippen molar-refractivity contribution in [1.29, 1.82) is 0 Å². The van der Waals surface area contributed by atoms with Crippen LogP contribution in [0.4, 0.5) is 4.79 Å². The molecule has 3 rings (SSSR count). The second-order valence-electron chi connectivity index (χ2n) is 6.59. The van der Waals surface area contributed by atoms with Crippen LogP contribution in [0.15, 0.2) is 0 Å². The lowest BCUT2D eigenvalue weighted by molar-refractivity contribution is -0.144. The molecule has 0 radical (unpaired) electrons. The Hall–Kier alpha value is -1.30. The van der Waals surface area contributed by atoms with Crippen LogP contribution in [0.5, 0.6) is 0 Å². The molecule has 0 spiro atoms. The quantitative estimate of drug-likeness (QED) is 0.823. The molecular weight excluding hydrogens is 272 g/mol. The molecule has 0 aromatic rings. The number of piperidine rings is 1. The van der Waals surface area contributed by atoms with E-state index in [0.717, 1.165) is 32.1 Å². The smallest absolute Gasteiger partial charge is 0.317 e. The van der Waals surface area contributed by atoms with Crippen LogP contribution in [-0.4, -0.2) is 54.4 Å². The van der Waals surface area contributed by atoms with Crippen molar-refractivity contribution >= 4 is 12.0 Å². The third-order valence-corrected chi connectivity index (χ3v) is 5.55. The molecule has 4 atom stereocenters. The van der Waals surface area contributed by atoms with Crippen molar-refractivity contribution in [3.63, 3.8) is 0 Å². The second-order valence-corrected chi connectivity index (χ2v) is 6.59. The molecule has 3 aliphatic rings. The van der Waals surface area contributed by atoms with Crippen molar-refractivity contribution in [2.24, 2.45) is 17.8 Å². The van der Waals surface area contributed by atoms with Crippen molar-refractivity contribution in [2.75, 3.05) is 20.2 Å². The normalized spacial score (nSPS) is 36.0. The molecule has 6 heteroatoms. The lowest BCUT2D eigenvalue weighted by atomic mass is 9.84. The van der Waals surface area contributed by atoms with Gasteiger partial charge in [0.1, 0.15) is 0 Å². The van der Waals surface area contributed by atoms with Gasteiger partial charge < -0.3 is 20.1 Å². The Morgan fingerprint density at radius 2 is 1.81 bits per heavy atom. The number of methoxy groups -OCH3 is 1. The molecule has 0 aromatic heterocycles. The summed E-state index contributed by atoms with van der Waals surface area (Å²) in [6, 6.07) is -0.290. The summed E-state index contributed by atoms with van der Waals surface area (Å²) < 4.78 is 5.31. The van der Waals surface area contributed by atoms with E-state index in [4.69, 9.17) is 4.74 Å². The van der Waals surface area contributed by atoms with Crippen LogP contribution in [0.3, 0.4) is 0 Å². The molecule has 3 fully saturated rings. The standard InChI is InChI=1S/C15H24N2O4/c1-21-11-4-6-17(7-5-11)15(20)16-13-10-3-2-9(8-10)12(13)14(18)19/h9-13H,2-8H2,1H3,(H,16,20)(H,18,19). The molecule has 6 nitrogen and oxygen atoms in total. The molecule has 2 bridgehead atoms. The fourth-order valence-corrected chi connectivity index (χ4v) is 4.38. The number of urea groups is 1. The lowest BCUT2D eigenvalue weighted by Gasteiger charge is -2.35. The van der Waals surface area contributed by atoms with Gasteiger partial charge in [-0.15, -0.1) is 0 Å². The van der Waals surface area contributed by atoms with Gasteiger partial charge in [0.2, 0.25) is 0 Å². The van der Waals surface area contributed by atoms with Gasteiger partial charge >= 0.3 is 12.0 Å². The number of carbonyl (C=O) groups excluding carboxylic acids is 1. The predicted octanol–water partition coefficient (Wildman–Crippen LogP) is 1.31. The van der Waals surface area contributed by atoms with E-state index in [1.807, 2.05) is 0 Å². The molecule has 118 valence electrons. The molecule has 2 amide bonds. The Kier molecular flexibility index (Phi) is 4.06. The zero-order chi connectivity index (χ0) is 15.0. The Morgan fingerprint density at radius 1 is 1.14 bits per heavy atom. The number of hydrogen-bond donors (Lipinski definition) is 2. The van der Waals surface area contributed by atoms with Crippen molar-refractivity contribution < 1.29 is 19.4 Å². The molecule has 2 N–H and O–H groups in total. The first-order valence-corrected chi connectivity index (χ1v) is 7.91. The highest BCUT2D eigenvalue weighted by Crippen LogP contribution is 2.48. The number of hydrogen-bond acceptors (Lipinski definition) is 3. The summed E-state index contributed by atoms with van der Waals surface area (Å²) >= 11 is 0. The first-order chi connectivity index (χ1) is 10.1. The summed E-state index contributed by atoms with van der Waals surface area (Å²) in [5, 5.41) is 12.4. The predicted molar refractivity (Wildman–Crippen MR) is 75.9 cm³/mol. The van der Waals surface area contributed by atoms with E-state index in [1.54, 1.807) is 12.0 Å². The largest absolute Gasteiger partial charge is 0.481 e.